The first-order valence-electron chi connectivity index (χ1n) is 7.75. The van der Waals surface area contributed by atoms with E-state index in [1.54, 1.807) is 37.7 Å². The van der Waals surface area contributed by atoms with Crippen LogP contribution in [-0.4, -0.2) is 27.0 Å². The van der Waals surface area contributed by atoms with Crippen LogP contribution < -0.4 is 10.7 Å². The molecule has 3 rings (SSSR count). The van der Waals surface area contributed by atoms with Crippen molar-refractivity contribution in [3.8, 4) is 0 Å². The van der Waals surface area contributed by atoms with Crippen LogP contribution in [0.25, 0.3) is 0 Å². The Hall–Kier alpha value is -3.66. The zero-order valence-corrected chi connectivity index (χ0v) is 14.9. The summed E-state index contributed by atoms with van der Waals surface area (Å²) in [5, 5.41) is 18.0. The molecule has 0 fully saturated rings. The van der Waals surface area contributed by atoms with Crippen LogP contribution >= 0.6 is 11.3 Å². The van der Waals surface area contributed by atoms with Gasteiger partial charge in [-0.3, -0.25) is 25.3 Å². The Bertz CT molecular complexity index is 1000. The molecule has 0 saturated heterocycles. The van der Waals surface area contributed by atoms with Crippen molar-refractivity contribution in [2.24, 2.45) is 5.10 Å². The number of non-ortho nitro benzene ring substituents is 1. The molecule has 2 N–H and O–H groups in total. The second kappa shape index (κ2) is 8.15. The van der Waals surface area contributed by atoms with Gasteiger partial charge >= 0.3 is 0 Å². The lowest BCUT2D eigenvalue weighted by Crippen LogP contribution is -2.11. The normalized spacial score (nSPS) is 10.7. The largest absolute Gasteiger partial charge is 0.321 e. The minimum atomic E-state index is -0.518. The van der Waals surface area contributed by atoms with Crippen molar-refractivity contribution in [2.45, 2.75) is 6.92 Å². The summed E-state index contributed by atoms with van der Waals surface area (Å²) >= 11 is 1.13. The van der Waals surface area contributed by atoms with Crippen LogP contribution in [0, 0.1) is 17.0 Å². The van der Waals surface area contributed by atoms with Crippen LogP contribution in [0.2, 0.25) is 0 Å². The van der Waals surface area contributed by atoms with E-state index in [4.69, 9.17) is 0 Å². The van der Waals surface area contributed by atoms with Gasteiger partial charge in [0.25, 0.3) is 11.6 Å². The highest BCUT2D eigenvalue weighted by Crippen LogP contribution is 2.24. The topological polar surface area (TPSA) is 122 Å². The van der Waals surface area contributed by atoms with Gasteiger partial charge in [-0.15, -0.1) is 0 Å². The summed E-state index contributed by atoms with van der Waals surface area (Å²) in [5.41, 5.74) is 4.37. The van der Waals surface area contributed by atoms with Gasteiger partial charge in [0.1, 0.15) is 4.88 Å². The van der Waals surface area contributed by atoms with E-state index in [0.717, 1.165) is 16.9 Å². The second-order valence-corrected chi connectivity index (χ2v) is 6.35. The number of anilines is 2. The third-order valence-electron chi connectivity index (χ3n) is 3.38. The molecule has 2 aromatic heterocycles. The summed E-state index contributed by atoms with van der Waals surface area (Å²) < 4.78 is 0. The van der Waals surface area contributed by atoms with Crippen LogP contribution in [-0.2, 0) is 0 Å². The van der Waals surface area contributed by atoms with Crippen molar-refractivity contribution >= 4 is 40.0 Å². The smallest absolute Gasteiger partial charge is 0.271 e. The molecule has 0 aliphatic carbocycles. The molecule has 27 heavy (non-hydrogen) atoms. The van der Waals surface area contributed by atoms with Crippen LogP contribution in [0.4, 0.5) is 16.5 Å². The number of aromatic nitrogens is 2. The van der Waals surface area contributed by atoms with Gasteiger partial charge in [0.15, 0.2) is 0 Å². The second-order valence-electron chi connectivity index (χ2n) is 5.35. The van der Waals surface area contributed by atoms with Gasteiger partial charge in [-0.1, -0.05) is 23.5 Å². The Kier molecular flexibility index (Phi) is 5.47. The van der Waals surface area contributed by atoms with Gasteiger partial charge < -0.3 is 5.32 Å². The molecule has 0 saturated carbocycles. The SMILES string of the molecule is Cc1nc(NN=Cc2cccnc2)sc1C(=O)Nc1cccc([N+](=O)[O-])c1. The average molecular weight is 382 g/mol. The van der Waals surface area contributed by atoms with Crippen molar-refractivity contribution in [1.82, 2.24) is 9.97 Å². The molecule has 0 aliphatic rings. The number of amides is 1. The minimum Gasteiger partial charge on any atom is -0.321 e. The average Bonchev–Trinajstić information content (AvgIpc) is 3.03. The first-order chi connectivity index (χ1) is 13.0. The quantitative estimate of drug-likeness (QED) is 0.382. The van der Waals surface area contributed by atoms with Crippen LogP contribution in [0.1, 0.15) is 20.9 Å². The summed E-state index contributed by atoms with van der Waals surface area (Å²) in [7, 11) is 0. The molecule has 3 aromatic rings. The van der Waals surface area contributed by atoms with E-state index in [-0.39, 0.29) is 5.69 Å². The van der Waals surface area contributed by atoms with Crippen molar-refractivity contribution < 1.29 is 9.72 Å². The van der Waals surface area contributed by atoms with E-state index in [1.807, 2.05) is 6.07 Å². The molecule has 0 atom stereocenters. The maximum atomic E-state index is 12.4. The number of hydrogen-bond donors (Lipinski definition) is 2. The molecular weight excluding hydrogens is 368 g/mol. The number of benzene rings is 1. The number of hydrogen-bond acceptors (Lipinski definition) is 8. The van der Waals surface area contributed by atoms with Gasteiger partial charge in [-0.05, 0) is 19.1 Å². The van der Waals surface area contributed by atoms with E-state index in [1.165, 1.54) is 18.2 Å². The van der Waals surface area contributed by atoms with E-state index >= 15 is 0 Å². The molecule has 1 amide bonds. The molecule has 0 aliphatic heterocycles. The number of hydrazone groups is 1. The Morgan fingerprint density at radius 3 is 2.93 bits per heavy atom. The molecular formula is C17H14N6O3S. The Morgan fingerprint density at radius 1 is 1.33 bits per heavy atom. The molecule has 0 radical (unpaired) electrons. The van der Waals surface area contributed by atoms with E-state index in [9.17, 15) is 14.9 Å². The maximum absolute atomic E-state index is 12.4. The fraction of sp³-hybridized carbons (Fsp3) is 0.0588. The van der Waals surface area contributed by atoms with E-state index in [2.05, 4.69) is 25.8 Å². The number of aryl methyl sites for hydroxylation is 1. The number of thiazole rings is 1. The monoisotopic (exact) mass is 382 g/mol. The number of nitro benzene ring substituents is 1. The van der Waals surface area contributed by atoms with Gasteiger partial charge in [0.05, 0.1) is 16.8 Å². The predicted octanol–water partition coefficient (Wildman–Crippen LogP) is 3.45. The van der Waals surface area contributed by atoms with Crippen LogP contribution in [0.3, 0.4) is 0 Å². The zero-order valence-electron chi connectivity index (χ0n) is 14.1. The Balaban J connectivity index is 1.68. The van der Waals surface area contributed by atoms with Crippen LogP contribution in [0.5, 0.6) is 0 Å². The van der Waals surface area contributed by atoms with Crippen molar-refractivity contribution in [2.75, 3.05) is 10.7 Å². The van der Waals surface area contributed by atoms with Crippen LogP contribution in [0.15, 0.2) is 53.9 Å². The molecule has 9 nitrogen and oxygen atoms in total. The van der Waals surface area contributed by atoms with E-state index < -0.39 is 10.8 Å². The number of nitrogens with one attached hydrogen (secondary N) is 2. The lowest BCUT2D eigenvalue weighted by atomic mass is 10.2. The van der Waals surface area contributed by atoms with Crippen molar-refractivity contribution in [1.29, 1.82) is 0 Å². The summed E-state index contributed by atoms with van der Waals surface area (Å²) in [6.07, 6.45) is 4.92. The Labute approximate surface area is 157 Å². The fourth-order valence-corrected chi connectivity index (χ4v) is 2.97. The lowest BCUT2D eigenvalue weighted by Gasteiger charge is -2.03. The standard InChI is InChI=1S/C17H14N6O3S/c1-11-15(16(24)21-13-5-2-6-14(8-13)23(25)26)27-17(20-11)22-19-10-12-4-3-7-18-9-12/h2-10H,1H3,(H,20,22)(H,21,24). The third kappa shape index (κ3) is 4.70. The molecule has 136 valence electrons. The summed E-state index contributed by atoms with van der Waals surface area (Å²) in [6.45, 7) is 1.70. The first-order valence-corrected chi connectivity index (χ1v) is 8.57. The molecule has 0 bridgehead atoms. The summed E-state index contributed by atoms with van der Waals surface area (Å²) in [4.78, 5) is 31.4. The van der Waals surface area contributed by atoms with Crippen molar-refractivity contribution in [3.63, 3.8) is 0 Å². The number of carbonyl (C=O) groups excluding carboxylic acids is 1. The number of pyridine rings is 1. The fourth-order valence-electron chi connectivity index (χ4n) is 2.15. The minimum absolute atomic E-state index is 0.0964. The van der Waals surface area contributed by atoms with Gasteiger partial charge in [-0.25, -0.2) is 4.98 Å². The zero-order chi connectivity index (χ0) is 19.2. The Morgan fingerprint density at radius 2 is 2.19 bits per heavy atom. The summed E-state index contributed by atoms with van der Waals surface area (Å²) in [6, 6.07) is 9.39. The number of nitrogens with zero attached hydrogens (tertiary/aromatic N) is 4. The molecule has 0 unspecified atom stereocenters. The van der Waals surface area contributed by atoms with Gasteiger partial charge in [-0.2, -0.15) is 5.10 Å². The molecule has 1 aromatic carbocycles. The summed E-state index contributed by atoms with van der Waals surface area (Å²) in [5.74, 6) is -0.394. The number of rotatable bonds is 6. The highest BCUT2D eigenvalue weighted by Gasteiger charge is 2.16. The molecule has 0 spiro atoms. The highest BCUT2D eigenvalue weighted by molar-refractivity contribution is 7.17. The highest BCUT2D eigenvalue weighted by atomic mass is 32.1. The third-order valence-corrected chi connectivity index (χ3v) is 4.44. The lowest BCUT2D eigenvalue weighted by molar-refractivity contribution is -0.384. The van der Waals surface area contributed by atoms with Gasteiger partial charge in [0.2, 0.25) is 5.13 Å². The predicted molar refractivity (Wildman–Crippen MR) is 103 cm³/mol. The van der Waals surface area contributed by atoms with Gasteiger partial charge in [0, 0.05) is 35.8 Å². The molecule has 2 heterocycles. The first kappa shape index (κ1) is 18.1. The maximum Gasteiger partial charge on any atom is 0.271 e. The van der Waals surface area contributed by atoms with Crippen molar-refractivity contribution in [3.05, 3.63) is 75.0 Å². The number of carbonyl (C=O) groups is 1. The van der Waals surface area contributed by atoms with E-state index in [0.29, 0.717) is 21.4 Å². The number of nitro groups is 1. The molecule has 10 heteroatoms.